The van der Waals surface area contributed by atoms with E-state index in [4.69, 9.17) is 0 Å². The average Bonchev–Trinajstić information content (AvgIpc) is 2.77. The number of hydrogen-bond donors (Lipinski definition) is 0. The van der Waals surface area contributed by atoms with Gasteiger partial charge >= 0.3 is 0 Å². The van der Waals surface area contributed by atoms with E-state index in [1.807, 2.05) is 24.3 Å². The van der Waals surface area contributed by atoms with Gasteiger partial charge in [0.15, 0.2) is 4.96 Å². The first-order valence-electron chi connectivity index (χ1n) is 5.49. The van der Waals surface area contributed by atoms with E-state index in [1.54, 1.807) is 22.7 Å². The molecule has 4 nitrogen and oxygen atoms in total. The lowest BCUT2D eigenvalue weighted by Gasteiger charge is -1.97. The molecule has 0 aliphatic carbocycles. The van der Waals surface area contributed by atoms with Gasteiger partial charge in [-0.3, -0.25) is 4.79 Å². The standard InChI is InChI=1S/C13H7N3OS/c17-12-8-4-3-7-14-11(8)18-13-15-9-5-1-2-6-10(9)16(12)13/h1-7H. The van der Waals surface area contributed by atoms with Crippen LogP contribution in [0.4, 0.5) is 0 Å². The molecule has 0 saturated heterocycles. The van der Waals surface area contributed by atoms with Crippen molar-refractivity contribution >= 4 is 37.5 Å². The summed E-state index contributed by atoms with van der Waals surface area (Å²) in [6.07, 6.45) is 1.69. The number of nitrogens with zero attached hydrogens (tertiary/aromatic N) is 3. The fraction of sp³-hybridized carbons (Fsp3) is 0. The Morgan fingerprint density at radius 2 is 2.00 bits per heavy atom. The first kappa shape index (κ1) is 9.73. The molecule has 0 atom stereocenters. The highest BCUT2D eigenvalue weighted by molar-refractivity contribution is 7.22. The Balaban J connectivity index is 2.39. The molecule has 3 aromatic heterocycles. The van der Waals surface area contributed by atoms with Crippen LogP contribution in [0.1, 0.15) is 0 Å². The maximum atomic E-state index is 12.5. The van der Waals surface area contributed by atoms with E-state index in [0.29, 0.717) is 10.3 Å². The van der Waals surface area contributed by atoms with E-state index >= 15 is 0 Å². The van der Waals surface area contributed by atoms with Crippen molar-refractivity contribution in [2.24, 2.45) is 0 Å². The van der Waals surface area contributed by atoms with Gasteiger partial charge in [-0.1, -0.05) is 23.5 Å². The normalized spacial score (nSPS) is 11.6. The number of rotatable bonds is 0. The summed E-state index contributed by atoms with van der Waals surface area (Å²) in [5.41, 5.74) is 1.63. The van der Waals surface area contributed by atoms with E-state index in [0.717, 1.165) is 15.9 Å². The summed E-state index contributed by atoms with van der Waals surface area (Å²) in [5.74, 6) is 0. The molecule has 0 radical (unpaired) electrons. The second-order valence-electron chi connectivity index (χ2n) is 3.98. The number of hydrogen-bond acceptors (Lipinski definition) is 4. The molecule has 0 bridgehead atoms. The number of para-hydroxylation sites is 2. The van der Waals surface area contributed by atoms with Gasteiger partial charge in [0.1, 0.15) is 4.83 Å². The zero-order valence-electron chi connectivity index (χ0n) is 9.20. The van der Waals surface area contributed by atoms with Crippen LogP contribution >= 0.6 is 11.3 Å². The van der Waals surface area contributed by atoms with Crippen molar-refractivity contribution in [2.45, 2.75) is 0 Å². The van der Waals surface area contributed by atoms with Gasteiger partial charge in [-0.25, -0.2) is 14.4 Å². The summed E-state index contributed by atoms with van der Waals surface area (Å²) >= 11 is 1.43. The maximum Gasteiger partial charge on any atom is 0.267 e. The molecule has 0 unspecified atom stereocenters. The molecule has 0 N–H and O–H groups in total. The summed E-state index contributed by atoms with van der Waals surface area (Å²) in [5, 5.41) is 0.637. The minimum atomic E-state index is -0.0550. The lowest BCUT2D eigenvalue weighted by atomic mass is 10.3. The van der Waals surface area contributed by atoms with Crippen LogP contribution in [0.2, 0.25) is 0 Å². The summed E-state index contributed by atoms with van der Waals surface area (Å²) in [6, 6.07) is 11.2. The SMILES string of the molecule is O=c1c2cccnc2sc2nc3ccccc3n12. The third-order valence-corrected chi connectivity index (χ3v) is 3.90. The van der Waals surface area contributed by atoms with E-state index in [2.05, 4.69) is 9.97 Å². The van der Waals surface area contributed by atoms with Crippen molar-refractivity contribution in [1.82, 2.24) is 14.4 Å². The molecule has 0 spiro atoms. The van der Waals surface area contributed by atoms with Crippen LogP contribution in [0.3, 0.4) is 0 Å². The predicted molar refractivity (Wildman–Crippen MR) is 72.1 cm³/mol. The van der Waals surface area contributed by atoms with Gasteiger partial charge in [0, 0.05) is 6.20 Å². The topological polar surface area (TPSA) is 47.3 Å². The average molecular weight is 253 g/mol. The molecule has 4 rings (SSSR count). The third kappa shape index (κ3) is 1.16. The fourth-order valence-corrected chi connectivity index (χ4v) is 3.08. The summed E-state index contributed by atoms with van der Waals surface area (Å²) in [6.45, 7) is 0. The Morgan fingerprint density at radius 1 is 1.11 bits per heavy atom. The monoisotopic (exact) mass is 253 g/mol. The molecule has 0 amide bonds. The molecule has 0 saturated carbocycles. The zero-order valence-corrected chi connectivity index (χ0v) is 10.0. The number of benzene rings is 1. The molecule has 1 aromatic carbocycles. The first-order chi connectivity index (χ1) is 8.84. The molecule has 4 aromatic rings. The van der Waals surface area contributed by atoms with E-state index in [1.165, 1.54) is 11.3 Å². The zero-order chi connectivity index (χ0) is 12.1. The van der Waals surface area contributed by atoms with Crippen LogP contribution in [0, 0.1) is 0 Å². The highest BCUT2D eigenvalue weighted by Crippen LogP contribution is 2.21. The summed E-state index contributed by atoms with van der Waals surface area (Å²) in [7, 11) is 0. The lowest BCUT2D eigenvalue weighted by Crippen LogP contribution is -2.11. The van der Waals surface area contributed by atoms with Gasteiger partial charge in [-0.05, 0) is 24.3 Å². The van der Waals surface area contributed by atoms with Gasteiger partial charge in [-0.2, -0.15) is 0 Å². The number of aromatic nitrogens is 3. The Bertz CT molecular complexity index is 955. The number of pyridine rings is 1. The van der Waals surface area contributed by atoms with Crippen molar-refractivity contribution in [3.8, 4) is 0 Å². The van der Waals surface area contributed by atoms with Crippen molar-refractivity contribution in [2.75, 3.05) is 0 Å². The molecule has 5 heteroatoms. The lowest BCUT2D eigenvalue weighted by molar-refractivity contribution is 1.20. The van der Waals surface area contributed by atoms with Gasteiger partial charge in [0.05, 0.1) is 16.4 Å². The first-order valence-corrected chi connectivity index (χ1v) is 6.31. The van der Waals surface area contributed by atoms with E-state index < -0.39 is 0 Å². The summed E-state index contributed by atoms with van der Waals surface area (Å²) < 4.78 is 1.66. The quantitative estimate of drug-likeness (QED) is 0.483. The van der Waals surface area contributed by atoms with Gasteiger partial charge in [-0.15, -0.1) is 0 Å². The molecule has 0 aliphatic rings. The molecular formula is C13H7N3OS. The maximum absolute atomic E-state index is 12.5. The highest BCUT2D eigenvalue weighted by Gasteiger charge is 2.10. The molecule has 0 fully saturated rings. The predicted octanol–water partition coefficient (Wildman–Crippen LogP) is 2.46. The van der Waals surface area contributed by atoms with E-state index in [-0.39, 0.29) is 5.56 Å². The van der Waals surface area contributed by atoms with Gasteiger partial charge in [0.25, 0.3) is 5.56 Å². The van der Waals surface area contributed by atoms with Crippen LogP contribution in [0.15, 0.2) is 47.4 Å². The summed E-state index contributed by atoms with van der Waals surface area (Å²) in [4.78, 5) is 22.6. The minimum absolute atomic E-state index is 0.0550. The third-order valence-electron chi connectivity index (χ3n) is 2.92. The Labute approximate surface area is 105 Å². The Morgan fingerprint density at radius 3 is 2.94 bits per heavy atom. The van der Waals surface area contributed by atoms with E-state index in [9.17, 15) is 4.79 Å². The smallest absolute Gasteiger partial charge is 0.267 e. The van der Waals surface area contributed by atoms with Crippen molar-refractivity contribution in [1.29, 1.82) is 0 Å². The van der Waals surface area contributed by atoms with Crippen LogP contribution in [0.25, 0.3) is 26.2 Å². The highest BCUT2D eigenvalue weighted by atomic mass is 32.1. The van der Waals surface area contributed by atoms with Crippen LogP contribution < -0.4 is 5.56 Å². The second-order valence-corrected chi connectivity index (χ2v) is 4.94. The Kier molecular flexibility index (Phi) is 1.82. The van der Waals surface area contributed by atoms with Crippen LogP contribution in [-0.2, 0) is 0 Å². The molecular weight excluding hydrogens is 246 g/mol. The van der Waals surface area contributed by atoms with Crippen molar-refractivity contribution in [3.63, 3.8) is 0 Å². The molecule has 0 aliphatic heterocycles. The molecule has 3 heterocycles. The van der Waals surface area contributed by atoms with Crippen LogP contribution in [0.5, 0.6) is 0 Å². The number of imidazole rings is 1. The van der Waals surface area contributed by atoms with Crippen molar-refractivity contribution in [3.05, 3.63) is 52.9 Å². The van der Waals surface area contributed by atoms with Crippen molar-refractivity contribution < 1.29 is 0 Å². The minimum Gasteiger partial charge on any atom is -0.268 e. The fourth-order valence-electron chi connectivity index (χ4n) is 2.11. The number of fused-ring (bicyclic) bond motifs is 4. The largest absolute Gasteiger partial charge is 0.268 e. The van der Waals surface area contributed by atoms with Crippen LogP contribution in [-0.4, -0.2) is 14.4 Å². The molecule has 18 heavy (non-hydrogen) atoms. The van der Waals surface area contributed by atoms with Gasteiger partial charge < -0.3 is 0 Å². The Hall–Kier alpha value is -2.27. The second kappa shape index (κ2) is 3.36. The molecule has 86 valence electrons. The van der Waals surface area contributed by atoms with Gasteiger partial charge in [0.2, 0.25) is 0 Å².